The molecule has 0 saturated heterocycles. The topological polar surface area (TPSA) is 64.3 Å². The predicted octanol–water partition coefficient (Wildman–Crippen LogP) is 2.99. The summed E-state index contributed by atoms with van der Waals surface area (Å²) < 4.78 is 5.68. The van der Waals surface area contributed by atoms with Crippen molar-refractivity contribution in [2.45, 2.75) is 38.1 Å². The van der Waals surface area contributed by atoms with Crippen LogP contribution < -0.4 is 15.8 Å². The number of benzene rings is 1. The Balaban J connectivity index is 1.68. The van der Waals surface area contributed by atoms with Gasteiger partial charge in [0.25, 0.3) is 5.91 Å². The molecule has 0 spiro atoms. The standard InChI is InChI=1S/C17H23ClN2O2/c18-13-4-5-14(16(10-13)22-7-1-6-19)17(21)20-15-9-11-2-3-12(15)8-11/h4-5,10-12,15H,1-3,6-9,19H2,(H,20,21)/t11-,12+,15-/m1/s1. The number of nitrogens with one attached hydrogen (secondary N) is 1. The van der Waals surface area contributed by atoms with E-state index in [2.05, 4.69) is 5.32 Å². The summed E-state index contributed by atoms with van der Waals surface area (Å²) in [5.41, 5.74) is 6.04. The number of amides is 1. The van der Waals surface area contributed by atoms with Crippen molar-refractivity contribution in [3.63, 3.8) is 0 Å². The summed E-state index contributed by atoms with van der Waals surface area (Å²) in [6.45, 7) is 1.05. The van der Waals surface area contributed by atoms with Gasteiger partial charge in [0.2, 0.25) is 0 Å². The fraction of sp³-hybridized carbons (Fsp3) is 0.588. The molecular formula is C17H23ClN2O2. The summed E-state index contributed by atoms with van der Waals surface area (Å²) in [5.74, 6) is 1.95. The number of ether oxygens (including phenoxy) is 1. The van der Waals surface area contributed by atoms with E-state index in [0.29, 0.717) is 41.4 Å². The Labute approximate surface area is 136 Å². The summed E-state index contributed by atoms with van der Waals surface area (Å²) in [7, 11) is 0. The minimum absolute atomic E-state index is 0.0584. The normalized spacial score (nSPS) is 26.2. The Kier molecular flexibility index (Phi) is 4.89. The minimum Gasteiger partial charge on any atom is -0.493 e. The zero-order valence-corrected chi connectivity index (χ0v) is 13.4. The lowest BCUT2D eigenvalue weighted by molar-refractivity contribution is 0.0919. The molecule has 2 aliphatic rings. The molecule has 2 saturated carbocycles. The van der Waals surface area contributed by atoms with Crippen molar-refractivity contribution in [1.29, 1.82) is 0 Å². The molecule has 2 bridgehead atoms. The number of fused-ring (bicyclic) bond motifs is 2. The summed E-state index contributed by atoms with van der Waals surface area (Å²) in [4.78, 5) is 12.6. The molecule has 0 aliphatic heterocycles. The van der Waals surface area contributed by atoms with Crippen LogP contribution in [-0.2, 0) is 0 Å². The number of hydrogen-bond donors (Lipinski definition) is 2. The number of carbonyl (C=O) groups excluding carboxylic acids is 1. The lowest BCUT2D eigenvalue weighted by atomic mass is 9.95. The van der Waals surface area contributed by atoms with Gasteiger partial charge >= 0.3 is 0 Å². The fourth-order valence-corrected chi connectivity index (χ4v) is 3.90. The summed E-state index contributed by atoms with van der Waals surface area (Å²) in [6, 6.07) is 5.49. The number of rotatable bonds is 6. The maximum absolute atomic E-state index is 12.6. The summed E-state index contributed by atoms with van der Waals surface area (Å²) >= 11 is 6.02. The van der Waals surface area contributed by atoms with Crippen LogP contribution in [0.2, 0.25) is 5.02 Å². The third-order valence-corrected chi connectivity index (χ3v) is 5.08. The first-order chi connectivity index (χ1) is 10.7. The fourth-order valence-electron chi connectivity index (χ4n) is 3.74. The second-order valence-corrected chi connectivity index (χ2v) is 6.82. The second kappa shape index (κ2) is 6.88. The molecule has 0 aromatic heterocycles. The van der Waals surface area contributed by atoms with Crippen molar-refractivity contribution in [1.82, 2.24) is 5.32 Å². The van der Waals surface area contributed by atoms with Crippen LogP contribution in [0, 0.1) is 11.8 Å². The van der Waals surface area contributed by atoms with Crippen molar-refractivity contribution in [2.75, 3.05) is 13.2 Å². The van der Waals surface area contributed by atoms with Gasteiger partial charge in [0, 0.05) is 11.1 Å². The van der Waals surface area contributed by atoms with Crippen LogP contribution in [0.25, 0.3) is 0 Å². The highest BCUT2D eigenvalue weighted by molar-refractivity contribution is 6.30. The second-order valence-electron chi connectivity index (χ2n) is 6.39. The average molecular weight is 323 g/mol. The van der Waals surface area contributed by atoms with E-state index in [4.69, 9.17) is 22.1 Å². The van der Waals surface area contributed by atoms with E-state index in [1.807, 2.05) is 0 Å². The van der Waals surface area contributed by atoms with Gasteiger partial charge < -0.3 is 15.8 Å². The van der Waals surface area contributed by atoms with E-state index in [1.54, 1.807) is 18.2 Å². The quantitative estimate of drug-likeness (QED) is 0.791. The molecule has 120 valence electrons. The van der Waals surface area contributed by atoms with E-state index in [9.17, 15) is 4.79 Å². The van der Waals surface area contributed by atoms with Crippen molar-refractivity contribution in [3.05, 3.63) is 28.8 Å². The predicted molar refractivity (Wildman–Crippen MR) is 87.3 cm³/mol. The van der Waals surface area contributed by atoms with Gasteiger partial charge in [0.05, 0.1) is 12.2 Å². The first kappa shape index (κ1) is 15.6. The van der Waals surface area contributed by atoms with Crippen LogP contribution in [-0.4, -0.2) is 25.1 Å². The highest BCUT2D eigenvalue weighted by Gasteiger charge is 2.40. The Morgan fingerprint density at radius 3 is 2.91 bits per heavy atom. The van der Waals surface area contributed by atoms with Gasteiger partial charge in [-0.05, 0) is 62.3 Å². The van der Waals surface area contributed by atoms with E-state index in [0.717, 1.165) is 18.8 Å². The van der Waals surface area contributed by atoms with Gasteiger partial charge in [0.15, 0.2) is 0 Å². The number of carbonyl (C=O) groups is 1. The first-order valence-electron chi connectivity index (χ1n) is 8.10. The first-order valence-corrected chi connectivity index (χ1v) is 8.48. The number of nitrogens with two attached hydrogens (primary N) is 1. The van der Waals surface area contributed by atoms with Crippen LogP contribution in [0.4, 0.5) is 0 Å². The van der Waals surface area contributed by atoms with E-state index < -0.39 is 0 Å². The molecule has 0 heterocycles. The van der Waals surface area contributed by atoms with Gasteiger partial charge in [-0.25, -0.2) is 0 Å². The van der Waals surface area contributed by atoms with Gasteiger partial charge in [-0.1, -0.05) is 18.0 Å². The van der Waals surface area contributed by atoms with Crippen LogP contribution in [0.1, 0.15) is 42.5 Å². The molecule has 0 radical (unpaired) electrons. The molecule has 22 heavy (non-hydrogen) atoms. The Hall–Kier alpha value is -1.26. The third-order valence-electron chi connectivity index (χ3n) is 4.85. The molecule has 1 aromatic carbocycles. The average Bonchev–Trinajstić information content (AvgIpc) is 3.10. The number of hydrogen-bond acceptors (Lipinski definition) is 3. The SMILES string of the molecule is NCCCOc1cc(Cl)ccc1C(=O)N[C@@H]1C[C@@H]2CC[C@H]1C2. The molecule has 1 amide bonds. The van der Waals surface area contributed by atoms with Crippen molar-refractivity contribution in [3.8, 4) is 5.75 Å². The Morgan fingerprint density at radius 2 is 2.23 bits per heavy atom. The van der Waals surface area contributed by atoms with Crippen molar-refractivity contribution >= 4 is 17.5 Å². The van der Waals surface area contributed by atoms with Gasteiger partial charge in [-0.15, -0.1) is 0 Å². The zero-order valence-electron chi connectivity index (χ0n) is 12.7. The Bertz CT molecular complexity index is 549. The van der Waals surface area contributed by atoms with E-state index >= 15 is 0 Å². The monoisotopic (exact) mass is 322 g/mol. The summed E-state index contributed by atoms with van der Waals surface area (Å²) in [6.07, 6.45) is 5.71. The molecule has 0 unspecified atom stereocenters. The van der Waals surface area contributed by atoms with Gasteiger partial charge in [-0.2, -0.15) is 0 Å². The third kappa shape index (κ3) is 3.39. The van der Waals surface area contributed by atoms with E-state index in [-0.39, 0.29) is 5.91 Å². The molecule has 3 N–H and O–H groups in total. The van der Waals surface area contributed by atoms with Crippen LogP contribution in [0.3, 0.4) is 0 Å². The molecule has 2 aliphatic carbocycles. The zero-order chi connectivity index (χ0) is 15.5. The van der Waals surface area contributed by atoms with Crippen molar-refractivity contribution < 1.29 is 9.53 Å². The van der Waals surface area contributed by atoms with Gasteiger partial charge in [-0.3, -0.25) is 4.79 Å². The highest BCUT2D eigenvalue weighted by atomic mass is 35.5. The molecule has 5 heteroatoms. The minimum atomic E-state index is -0.0584. The largest absolute Gasteiger partial charge is 0.493 e. The lowest BCUT2D eigenvalue weighted by Gasteiger charge is -2.23. The van der Waals surface area contributed by atoms with Gasteiger partial charge in [0.1, 0.15) is 5.75 Å². The maximum Gasteiger partial charge on any atom is 0.255 e. The number of halogens is 1. The molecular weight excluding hydrogens is 300 g/mol. The molecule has 2 fully saturated rings. The molecule has 3 rings (SSSR count). The highest BCUT2D eigenvalue weighted by Crippen LogP contribution is 2.44. The molecule has 4 nitrogen and oxygen atoms in total. The lowest BCUT2D eigenvalue weighted by Crippen LogP contribution is -2.38. The summed E-state index contributed by atoms with van der Waals surface area (Å²) in [5, 5.41) is 3.76. The Morgan fingerprint density at radius 1 is 1.36 bits per heavy atom. The van der Waals surface area contributed by atoms with E-state index in [1.165, 1.54) is 19.3 Å². The molecule has 1 aromatic rings. The van der Waals surface area contributed by atoms with Crippen LogP contribution >= 0.6 is 11.6 Å². The smallest absolute Gasteiger partial charge is 0.255 e. The van der Waals surface area contributed by atoms with Crippen LogP contribution in [0.5, 0.6) is 5.75 Å². The maximum atomic E-state index is 12.6. The molecule has 3 atom stereocenters. The van der Waals surface area contributed by atoms with Crippen LogP contribution in [0.15, 0.2) is 18.2 Å². The van der Waals surface area contributed by atoms with Crippen molar-refractivity contribution in [2.24, 2.45) is 17.6 Å².